The zero-order valence-corrected chi connectivity index (χ0v) is 23.9. The molecule has 0 saturated carbocycles. The van der Waals surface area contributed by atoms with E-state index in [4.69, 9.17) is 11.6 Å². The van der Waals surface area contributed by atoms with Crippen molar-refractivity contribution < 1.29 is 44.7 Å². The summed E-state index contributed by atoms with van der Waals surface area (Å²) < 4.78 is 109. The van der Waals surface area contributed by atoms with Gasteiger partial charge in [0.2, 0.25) is 0 Å². The Morgan fingerprint density at radius 3 is 2.33 bits per heavy atom. The number of halogens is 7. The number of nitrogens with one attached hydrogen (secondary N) is 2. The molecule has 4 aromatic rings. The molecule has 0 fully saturated rings. The Balaban J connectivity index is 1.75. The molecule has 3 N–H and O–H groups in total. The van der Waals surface area contributed by atoms with Crippen LogP contribution in [-0.4, -0.2) is 51.2 Å². The largest absolute Gasteiger partial charge is 0.433 e. The number of sulfonamides is 1. The van der Waals surface area contributed by atoms with Crippen LogP contribution in [0.4, 0.5) is 31.5 Å². The van der Waals surface area contributed by atoms with Gasteiger partial charge in [-0.05, 0) is 39.0 Å². The number of amides is 1. The number of hydrogen-bond donors (Lipinski definition) is 3. The predicted octanol–water partition coefficient (Wildman–Crippen LogP) is 5.15. The smallest absolute Gasteiger partial charge is 0.394 e. The first-order valence-electron chi connectivity index (χ1n) is 11.5. The Morgan fingerprint density at radius 1 is 1.10 bits per heavy atom. The zero-order valence-electron chi connectivity index (χ0n) is 21.5. The summed E-state index contributed by atoms with van der Waals surface area (Å²) in [5.41, 5.74) is -5.52. The number of nitrogens with zero attached hydrogens (tertiary/aromatic N) is 4. The van der Waals surface area contributed by atoms with Gasteiger partial charge in [0, 0.05) is 5.56 Å². The summed E-state index contributed by atoms with van der Waals surface area (Å²) in [6.07, 6.45) is -9.03. The maximum atomic E-state index is 13.9. The van der Waals surface area contributed by atoms with Gasteiger partial charge in [0.05, 0.1) is 40.3 Å². The van der Waals surface area contributed by atoms with Crippen molar-refractivity contribution in [3.63, 3.8) is 0 Å². The molecular formula is C23H19ClF6N6O4S2. The molecule has 0 saturated heterocycles. The topological polar surface area (TPSA) is 139 Å². The van der Waals surface area contributed by atoms with Crippen LogP contribution in [0.15, 0.2) is 34.7 Å². The van der Waals surface area contributed by atoms with Gasteiger partial charge in [0.15, 0.2) is 20.7 Å². The molecule has 0 aliphatic rings. The maximum absolute atomic E-state index is 13.9. The SMILES string of the molecule is Cc1nc(NC(=O)c2cnn3c(C(F)(F)F)cc(-c4ccc(C(F)(F)F)c(Cl)c4)nc23)sc1S(=O)(=O)NC(C)(C)CO. The van der Waals surface area contributed by atoms with E-state index in [1.807, 2.05) is 0 Å². The summed E-state index contributed by atoms with van der Waals surface area (Å²) in [6, 6.07) is 2.82. The van der Waals surface area contributed by atoms with Gasteiger partial charge in [0.25, 0.3) is 15.9 Å². The van der Waals surface area contributed by atoms with Gasteiger partial charge in [-0.15, -0.1) is 0 Å². The summed E-state index contributed by atoms with van der Waals surface area (Å²) in [4.78, 5) is 21.1. The van der Waals surface area contributed by atoms with E-state index in [-0.39, 0.29) is 20.6 Å². The molecule has 0 spiro atoms. The average Bonchev–Trinajstić information content (AvgIpc) is 3.44. The fourth-order valence-corrected chi connectivity index (χ4v) is 6.77. The quantitative estimate of drug-likeness (QED) is 0.234. The first kappa shape index (κ1) is 31.6. The highest BCUT2D eigenvalue weighted by molar-refractivity contribution is 7.91. The summed E-state index contributed by atoms with van der Waals surface area (Å²) in [6.45, 7) is 3.70. The Hall–Kier alpha value is -3.32. The molecule has 226 valence electrons. The molecule has 0 aliphatic heterocycles. The lowest BCUT2D eigenvalue weighted by atomic mass is 10.1. The summed E-state index contributed by atoms with van der Waals surface area (Å²) in [5, 5.41) is 14.3. The van der Waals surface area contributed by atoms with Crippen LogP contribution < -0.4 is 10.0 Å². The molecule has 10 nitrogen and oxygen atoms in total. The van der Waals surface area contributed by atoms with Gasteiger partial charge in [-0.3, -0.25) is 10.1 Å². The molecule has 0 unspecified atom stereocenters. The van der Waals surface area contributed by atoms with E-state index in [0.717, 1.165) is 18.3 Å². The minimum atomic E-state index is -5.02. The average molecular weight is 657 g/mol. The Labute approximate surface area is 242 Å². The maximum Gasteiger partial charge on any atom is 0.433 e. The molecule has 3 heterocycles. The van der Waals surface area contributed by atoms with Crippen LogP contribution in [0, 0.1) is 6.92 Å². The van der Waals surface area contributed by atoms with E-state index < -0.39 is 73.6 Å². The number of hydrogen-bond acceptors (Lipinski definition) is 8. The molecule has 0 atom stereocenters. The van der Waals surface area contributed by atoms with Crippen molar-refractivity contribution in [3.05, 3.63) is 58.0 Å². The third-order valence-corrected chi connectivity index (χ3v) is 9.29. The summed E-state index contributed by atoms with van der Waals surface area (Å²) in [5.74, 6) is -1.05. The van der Waals surface area contributed by atoms with Crippen molar-refractivity contribution in [1.82, 2.24) is 24.3 Å². The van der Waals surface area contributed by atoms with Crippen molar-refractivity contribution in [2.75, 3.05) is 11.9 Å². The monoisotopic (exact) mass is 656 g/mol. The predicted molar refractivity (Wildman–Crippen MR) is 140 cm³/mol. The first-order valence-corrected chi connectivity index (χ1v) is 14.2. The number of aryl methyl sites for hydroxylation is 1. The lowest BCUT2D eigenvalue weighted by molar-refractivity contribution is -0.142. The van der Waals surface area contributed by atoms with Gasteiger partial charge in [-0.25, -0.2) is 27.6 Å². The number of benzene rings is 1. The van der Waals surface area contributed by atoms with Crippen LogP contribution in [-0.2, 0) is 22.4 Å². The third-order valence-electron chi connectivity index (χ3n) is 5.60. The van der Waals surface area contributed by atoms with Gasteiger partial charge in [0.1, 0.15) is 5.56 Å². The van der Waals surface area contributed by atoms with Crippen molar-refractivity contribution >= 4 is 49.6 Å². The number of anilines is 1. The lowest BCUT2D eigenvalue weighted by Gasteiger charge is -2.22. The molecule has 0 radical (unpaired) electrons. The second-order valence-corrected chi connectivity index (χ2v) is 12.8. The second kappa shape index (κ2) is 10.7. The normalized spacial score (nSPS) is 13.1. The fraction of sp³-hybridized carbons (Fsp3) is 0.304. The molecule has 4 rings (SSSR count). The van der Waals surface area contributed by atoms with E-state index in [1.165, 1.54) is 20.8 Å². The number of aliphatic hydroxyl groups is 1. The number of alkyl halides is 6. The second-order valence-electron chi connectivity index (χ2n) is 9.50. The van der Waals surface area contributed by atoms with Crippen molar-refractivity contribution in [2.24, 2.45) is 0 Å². The van der Waals surface area contributed by atoms with Gasteiger partial charge in [-0.2, -0.15) is 31.4 Å². The number of aromatic nitrogens is 4. The molecular weight excluding hydrogens is 638 g/mol. The van der Waals surface area contributed by atoms with Gasteiger partial charge >= 0.3 is 12.4 Å². The number of carbonyl (C=O) groups is 1. The molecule has 19 heteroatoms. The van der Waals surface area contributed by atoms with Crippen molar-refractivity contribution in [1.29, 1.82) is 0 Å². The van der Waals surface area contributed by atoms with Crippen molar-refractivity contribution in [3.8, 4) is 11.3 Å². The zero-order chi connectivity index (χ0) is 31.4. The highest BCUT2D eigenvalue weighted by atomic mass is 35.5. The number of rotatable bonds is 7. The van der Waals surface area contributed by atoms with E-state index in [0.29, 0.717) is 28.0 Å². The lowest BCUT2D eigenvalue weighted by Crippen LogP contribution is -2.46. The number of fused-ring (bicyclic) bond motifs is 1. The molecule has 3 aromatic heterocycles. The highest BCUT2D eigenvalue weighted by Gasteiger charge is 2.37. The van der Waals surface area contributed by atoms with Crippen LogP contribution >= 0.6 is 22.9 Å². The summed E-state index contributed by atoms with van der Waals surface area (Å²) in [7, 11) is -4.18. The van der Waals surface area contributed by atoms with Gasteiger partial charge < -0.3 is 5.11 Å². The van der Waals surface area contributed by atoms with Crippen molar-refractivity contribution in [2.45, 2.75) is 42.9 Å². The molecule has 0 aliphatic carbocycles. The van der Waals surface area contributed by atoms with Gasteiger partial charge in [-0.1, -0.05) is 29.0 Å². The minimum Gasteiger partial charge on any atom is -0.394 e. The first-order chi connectivity index (χ1) is 19.2. The molecule has 42 heavy (non-hydrogen) atoms. The Bertz CT molecular complexity index is 1800. The minimum absolute atomic E-state index is 0.00430. The molecule has 0 bridgehead atoms. The Morgan fingerprint density at radius 2 is 1.76 bits per heavy atom. The molecule has 1 amide bonds. The van der Waals surface area contributed by atoms with E-state index >= 15 is 0 Å². The third kappa shape index (κ3) is 6.36. The van der Waals surface area contributed by atoms with Crippen LogP contribution in [0.2, 0.25) is 5.02 Å². The van der Waals surface area contributed by atoms with Crippen LogP contribution in [0.1, 0.15) is 41.2 Å². The number of aliphatic hydroxyl groups excluding tert-OH is 1. The van der Waals surface area contributed by atoms with Crippen LogP contribution in [0.5, 0.6) is 0 Å². The van der Waals surface area contributed by atoms with Crippen LogP contribution in [0.25, 0.3) is 16.9 Å². The number of thiazole rings is 1. The Kier molecular flexibility index (Phi) is 8.09. The standard InChI is InChI=1S/C23H19ClF6N6O4S2/c1-10-19(42(39,40)35-21(2,3)9-37)41-20(32-10)34-18(38)12-8-31-36-16(23(28,29)30)7-15(33-17(12)36)11-4-5-13(14(24)6-11)22(25,26)27/h4-8,35,37H,9H2,1-3H3,(H,32,34,38). The van der Waals surface area contributed by atoms with E-state index in [9.17, 15) is 44.7 Å². The fourth-order valence-electron chi connectivity index (χ4n) is 3.67. The number of carbonyl (C=O) groups excluding carboxylic acids is 1. The summed E-state index contributed by atoms with van der Waals surface area (Å²) >= 11 is 6.29. The molecule has 1 aromatic carbocycles. The van der Waals surface area contributed by atoms with Crippen LogP contribution in [0.3, 0.4) is 0 Å². The highest BCUT2D eigenvalue weighted by Crippen LogP contribution is 2.38. The van der Waals surface area contributed by atoms with E-state index in [1.54, 1.807) is 0 Å². The van der Waals surface area contributed by atoms with E-state index in [2.05, 4.69) is 25.1 Å².